The normalized spacial score (nSPS) is 29.0. The van der Waals surface area contributed by atoms with Crippen molar-refractivity contribution in [1.29, 1.82) is 5.26 Å². The molecule has 0 aliphatic heterocycles. The van der Waals surface area contributed by atoms with E-state index in [2.05, 4.69) is 6.58 Å². The van der Waals surface area contributed by atoms with Crippen LogP contribution in [0, 0.1) is 17.2 Å². The first-order valence-corrected chi connectivity index (χ1v) is 2.51. The Labute approximate surface area is 48.1 Å². The SMILES string of the molecule is C=C1C[C@H]1C(O)C#N. The largest absolute Gasteiger partial charge is 0.377 e. The monoisotopic (exact) mass is 109 g/mol. The average molecular weight is 109 g/mol. The number of aliphatic hydroxyl groups excluding tert-OH is 1. The molecular weight excluding hydrogens is 102 g/mol. The van der Waals surface area contributed by atoms with Gasteiger partial charge in [-0.2, -0.15) is 5.26 Å². The Morgan fingerprint density at radius 3 is 2.62 bits per heavy atom. The fraction of sp³-hybridized carbons (Fsp3) is 0.500. The highest BCUT2D eigenvalue weighted by Crippen LogP contribution is 2.38. The van der Waals surface area contributed by atoms with Gasteiger partial charge in [0.1, 0.15) is 6.10 Å². The van der Waals surface area contributed by atoms with E-state index in [9.17, 15) is 0 Å². The number of aliphatic hydroxyl groups is 1. The molecule has 1 fully saturated rings. The first kappa shape index (κ1) is 5.33. The second-order valence-corrected chi connectivity index (χ2v) is 2.04. The Morgan fingerprint density at radius 1 is 2.00 bits per heavy atom. The maximum Gasteiger partial charge on any atom is 0.147 e. The Bertz CT molecular complexity index is 156. The lowest BCUT2D eigenvalue weighted by Crippen LogP contribution is -2.03. The number of hydrogen-bond donors (Lipinski definition) is 1. The molecule has 0 radical (unpaired) electrons. The third kappa shape index (κ3) is 0.728. The molecular formula is C6H7NO. The first-order valence-electron chi connectivity index (χ1n) is 2.51. The summed E-state index contributed by atoms with van der Waals surface area (Å²) in [6.07, 6.45) is 0.0249. The molecule has 1 aliphatic rings. The van der Waals surface area contributed by atoms with E-state index in [4.69, 9.17) is 10.4 Å². The Hall–Kier alpha value is -0.810. The summed E-state index contributed by atoms with van der Waals surface area (Å²) in [4.78, 5) is 0. The van der Waals surface area contributed by atoms with E-state index >= 15 is 0 Å². The first-order chi connectivity index (χ1) is 3.75. The van der Waals surface area contributed by atoms with Crippen LogP contribution in [-0.2, 0) is 0 Å². The van der Waals surface area contributed by atoms with E-state index in [0.29, 0.717) is 0 Å². The van der Waals surface area contributed by atoms with Gasteiger partial charge >= 0.3 is 0 Å². The molecule has 2 atom stereocenters. The molecule has 0 heterocycles. The Kier molecular flexibility index (Phi) is 1.07. The van der Waals surface area contributed by atoms with Crippen molar-refractivity contribution in [1.82, 2.24) is 0 Å². The highest BCUT2D eigenvalue weighted by atomic mass is 16.3. The zero-order chi connectivity index (χ0) is 6.15. The molecule has 1 rings (SSSR count). The van der Waals surface area contributed by atoms with Crippen molar-refractivity contribution in [2.45, 2.75) is 12.5 Å². The molecule has 8 heavy (non-hydrogen) atoms. The number of nitriles is 1. The van der Waals surface area contributed by atoms with Crippen LogP contribution < -0.4 is 0 Å². The minimum absolute atomic E-state index is 0.0833. The lowest BCUT2D eigenvalue weighted by molar-refractivity contribution is 0.211. The van der Waals surface area contributed by atoms with Crippen LogP contribution >= 0.6 is 0 Å². The van der Waals surface area contributed by atoms with Gasteiger partial charge in [0.05, 0.1) is 6.07 Å². The molecule has 0 amide bonds. The summed E-state index contributed by atoms with van der Waals surface area (Å²) in [7, 11) is 0. The zero-order valence-corrected chi connectivity index (χ0v) is 4.46. The molecule has 1 N–H and O–H groups in total. The van der Waals surface area contributed by atoms with E-state index < -0.39 is 6.10 Å². The average Bonchev–Trinajstić information content (AvgIpc) is 2.45. The maximum atomic E-state index is 8.75. The number of rotatable bonds is 1. The van der Waals surface area contributed by atoms with Gasteiger partial charge in [0.15, 0.2) is 0 Å². The van der Waals surface area contributed by atoms with Gasteiger partial charge in [-0.1, -0.05) is 12.2 Å². The molecule has 0 aromatic heterocycles. The van der Waals surface area contributed by atoms with Gasteiger partial charge in [-0.05, 0) is 6.42 Å². The highest BCUT2D eigenvalue weighted by Gasteiger charge is 2.34. The molecule has 1 aliphatic carbocycles. The van der Waals surface area contributed by atoms with Crippen LogP contribution in [0.5, 0.6) is 0 Å². The summed E-state index contributed by atoms with van der Waals surface area (Å²) in [6, 6.07) is 1.75. The summed E-state index contributed by atoms with van der Waals surface area (Å²) < 4.78 is 0. The van der Waals surface area contributed by atoms with Gasteiger partial charge in [-0.25, -0.2) is 0 Å². The molecule has 0 spiro atoms. The lowest BCUT2D eigenvalue weighted by Gasteiger charge is -1.90. The molecule has 1 unspecified atom stereocenters. The van der Waals surface area contributed by atoms with Crippen molar-refractivity contribution in [3.63, 3.8) is 0 Å². The zero-order valence-electron chi connectivity index (χ0n) is 4.46. The van der Waals surface area contributed by atoms with Gasteiger partial charge in [-0.15, -0.1) is 0 Å². The molecule has 0 bridgehead atoms. The quantitative estimate of drug-likeness (QED) is 0.392. The second kappa shape index (κ2) is 1.61. The van der Waals surface area contributed by atoms with Gasteiger partial charge < -0.3 is 5.11 Å². The van der Waals surface area contributed by atoms with Crippen molar-refractivity contribution in [2.24, 2.45) is 5.92 Å². The van der Waals surface area contributed by atoms with Gasteiger partial charge in [0, 0.05) is 5.92 Å². The summed E-state index contributed by atoms with van der Waals surface area (Å²) in [6.45, 7) is 3.61. The van der Waals surface area contributed by atoms with E-state index in [1.165, 1.54) is 0 Å². The smallest absolute Gasteiger partial charge is 0.147 e. The van der Waals surface area contributed by atoms with Crippen LogP contribution in [0.2, 0.25) is 0 Å². The lowest BCUT2D eigenvalue weighted by atomic mass is 10.2. The molecule has 2 nitrogen and oxygen atoms in total. The Morgan fingerprint density at radius 2 is 2.50 bits per heavy atom. The molecule has 2 heteroatoms. The van der Waals surface area contributed by atoms with E-state index in [1.807, 2.05) is 0 Å². The summed E-state index contributed by atoms with van der Waals surface area (Å²) in [5.41, 5.74) is 0.999. The van der Waals surface area contributed by atoms with Crippen molar-refractivity contribution in [2.75, 3.05) is 0 Å². The number of nitrogens with zero attached hydrogens (tertiary/aromatic N) is 1. The van der Waals surface area contributed by atoms with Crippen molar-refractivity contribution in [3.8, 4) is 6.07 Å². The van der Waals surface area contributed by atoms with Crippen LogP contribution in [0.4, 0.5) is 0 Å². The van der Waals surface area contributed by atoms with Gasteiger partial charge in [-0.3, -0.25) is 0 Å². The third-order valence-electron chi connectivity index (χ3n) is 1.36. The van der Waals surface area contributed by atoms with E-state index in [0.717, 1.165) is 12.0 Å². The van der Waals surface area contributed by atoms with Gasteiger partial charge in [0.2, 0.25) is 0 Å². The predicted molar refractivity (Wildman–Crippen MR) is 28.9 cm³/mol. The fourth-order valence-electron chi connectivity index (χ4n) is 0.648. The topological polar surface area (TPSA) is 44.0 Å². The summed E-state index contributed by atoms with van der Waals surface area (Å²) >= 11 is 0. The minimum atomic E-state index is -0.803. The van der Waals surface area contributed by atoms with Crippen LogP contribution in [0.25, 0.3) is 0 Å². The van der Waals surface area contributed by atoms with Crippen molar-refractivity contribution < 1.29 is 5.11 Å². The standard InChI is InChI=1S/C6H7NO/c1-4-2-5(4)6(8)3-7/h5-6,8H,1-2H2/t5-,6?/m1/s1. The molecule has 0 aromatic carbocycles. The van der Waals surface area contributed by atoms with Crippen molar-refractivity contribution >= 4 is 0 Å². The highest BCUT2D eigenvalue weighted by molar-refractivity contribution is 5.24. The predicted octanol–water partition coefficient (Wildman–Crippen LogP) is 0.447. The van der Waals surface area contributed by atoms with Crippen LogP contribution in [-0.4, -0.2) is 11.2 Å². The number of hydrogen-bond acceptors (Lipinski definition) is 2. The summed E-state index contributed by atoms with van der Waals surface area (Å²) in [5, 5.41) is 16.9. The Balaban J connectivity index is 2.42. The van der Waals surface area contributed by atoms with E-state index in [1.54, 1.807) is 6.07 Å². The van der Waals surface area contributed by atoms with Crippen molar-refractivity contribution in [3.05, 3.63) is 12.2 Å². The van der Waals surface area contributed by atoms with Crippen LogP contribution in [0.1, 0.15) is 6.42 Å². The second-order valence-electron chi connectivity index (χ2n) is 2.04. The third-order valence-corrected chi connectivity index (χ3v) is 1.36. The molecule has 0 saturated heterocycles. The fourth-order valence-corrected chi connectivity index (χ4v) is 0.648. The van der Waals surface area contributed by atoms with Gasteiger partial charge in [0.25, 0.3) is 0 Å². The maximum absolute atomic E-state index is 8.75. The molecule has 0 aromatic rings. The summed E-state index contributed by atoms with van der Waals surface area (Å²) in [5.74, 6) is 0.0833. The van der Waals surface area contributed by atoms with Crippen LogP contribution in [0.15, 0.2) is 12.2 Å². The molecule has 1 saturated carbocycles. The molecule has 42 valence electrons. The van der Waals surface area contributed by atoms with E-state index in [-0.39, 0.29) is 5.92 Å². The van der Waals surface area contributed by atoms with Crippen LogP contribution in [0.3, 0.4) is 0 Å². The minimum Gasteiger partial charge on any atom is -0.377 e.